The van der Waals surface area contributed by atoms with Crippen molar-refractivity contribution < 1.29 is 9.59 Å². The van der Waals surface area contributed by atoms with Crippen LogP contribution in [0.3, 0.4) is 0 Å². The number of carbonyl (C=O) groups is 2. The van der Waals surface area contributed by atoms with E-state index in [-0.39, 0.29) is 30.9 Å². The van der Waals surface area contributed by atoms with Crippen molar-refractivity contribution in [2.75, 3.05) is 13.1 Å². The molecule has 0 bridgehead atoms. The maximum absolute atomic E-state index is 11.4. The van der Waals surface area contributed by atoms with Gasteiger partial charge in [-0.15, -0.1) is 0 Å². The van der Waals surface area contributed by atoms with Gasteiger partial charge in [0.1, 0.15) is 0 Å². The van der Waals surface area contributed by atoms with Crippen molar-refractivity contribution in [1.29, 1.82) is 0 Å². The van der Waals surface area contributed by atoms with Gasteiger partial charge in [0, 0.05) is 6.04 Å². The molecule has 2 amide bonds. The van der Waals surface area contributed by atoms with Crippen LogP contribution in [0.1, 0.15) is 12.5 Å². The standard InChI is InChI=1S/C11H17N3O2S/c1-8(4-9-2-3-17-7-9)14-11(16)6-13-10(15)5-12/h2-3,7-8H,4-6,12H2,1H3,(H,13,15)(H,14,16). The van der Waals surface area contributed by atoms with E-state index in [2.05, 4.69) is 16.0 Å². The molecule has 6 heteroatoms. The molecule has 94 valence electrons. The van der Waals surface area contributed by atoms with Crippen LogP contribution in [0, 0.1) is 0 Å². The van der Waals surface area contributed by atoms with E-state index in [1.54, 1.807) is 11.3 Å². The van der Waals surface area contributed by atoms with Crippen LogP contribution in [0.2, 0.25) is 0 Å². The summed E-state index contributed by atoms with van der Waals surface area (Å²) in [4.78, 5) is 22.3. The highest BCUT2D eigenvalue weighted by atomic mass is 32.1. The van der Waals surface area contributed by atoms with Crippen LogP contribution in [0.25, 0.3) is 0 Å². The number of thiophene rings is 1. The average molecular weight is 255 g/mol. The topological polar surface area (TPSA) is 84.2 Å². The summed E-state index contributed by atoms with van der Waals surface area (Å²) in [5, 5.41) is 9.29. The van der Waals surface area contributed by atoms with Crippen LogP contribution in [0.15, 0.2) is 16.8 Å². The second kappa shape index (κ2) is 7.03. The molecule has 0 aliphatic carbocycles. The average Bonchev–Trinajstić information content (AvgIpc) is 2.78. The third-order valence-corrected chi connectivity index (χ3v) is 2.89. The summed E-state index contributed by atoms with van der Waals surface area (Å²) in [6, 6.07) is 2.08. The summed E-state index contributed by atoms with van der Waals surface area (Å²) in [6.45, 7) is 1.81. The van der Waals surface area contributed by atoms with Gasteiger partial charge in [-0.2, -0.15) is 11.3 Å². The van der Waals surface area contributed by atoms with Gasteiger partial charge in [0.05, 0.1) is 13.1 Å². The van der Waals surface area contributed by atoms with Crippen LogP contribution >= 0.6 is 11.3 Å². The summed E-state index contributed by atoms with van der Waals surface area (Å²) in [5.74, 6) is -0.528. The van der Waals surface area contributed by atoms with Crippen molar-refractivity contribution in [2.24, 2.45) is 5.73 Å². The Morgan fingerprint density at radius 3 is 2.82 bits per heavy atom. The maximum atomic E-state index is 11.4. The lowest BCUT2D eigenvalue weighted by molar-refractivity contribution is -0.125. The Morgan fingerprint density at radius 1 is 1.47 bits per heavy atom. The van der Waals surface area contributed by atoms with Crippen molar-refractivity contribution in [3.63, 3.8) is 0 Å². The SMILES string of the molecule is CC(Cc1ccsc1)NC(=O)CNC(=O)CN. The summed E-state index contributed by atoms with van der Waals surface area (Å²) in [7, 11) is 0. The molecule has 4 N–H and O–H groups in total. The molecular weight excluding hydrogens is 238 g/mol. The van der Waals surface area contributed by atoms with E-state index in [1.165, 1.54) is 5.56 Å². The Morgan fingerprint density at radius 2 is 2.24 bits per heavy atom. The molecule has 0 aromatic carbocycles. The number of hydrogen-bond acceptors (Lipinski definition) is 4. The van der Waals surface area contributed by atoms with E-state index >= 15 is 0 Å². The van der Waals surface area contributed by atoms with Crippen molar-refractivity contribution in [3.8, 4) is 0 Å². The van der Waals surface area contributed by atoms with E-state index in [0.29, 0.717) is 0 Å². The van der Waals surface area contributed by atoms with E-state index in [4.69, 9.17) is 5.73 Å². The molecule has 0 aliphatic rings. The van der Waals surface area contributed by atoms with Crippen LogP contribution in [0.5, 0.6) is 0 Å². The van der Waals surface area contributed by atoms with Gasteiger partial charge < -0.3 is 16.4 Å². The van der Waals surface area contributed by atoms with Gasteiger partial charge in [-0.1, -0.05) is 0 Å². The fraction of sp³-hybridized carbons (Fsp3) is 0.455. The van der Waals surface area contributed by atoms with Gasteiger partial charge in [-0.25, -0.2) is 0 Å². The first-order valence-electron chi connectivity index (χ1n) is 5.39. The van der Waals surface area contributed by atoms with Crippen molar-refractivity contribution in [2.45, 2.75) is 19.4 Å². The van der Waals surface area contributed by atoms with Gasteiger partial charge in [0.2, 0.25) is 11.8 Å². The highest BCUT2D eigenvalue weighted by Crippen LogP contribution is 2.08. The van der Waals surface area contributed by atoms with Gasteiger partial charge in [0.15, 0.2) is 0 Å². The molecule has 17 heavy (non-hydrogen) atoms. The quantitative estimate of drug-likeness (QED) is 0.662. The molecular formula is C11H17N3O2S. The molecule has 1 atom stereocenters. The summed E-state index contributed by atoms with van der Waals surface area (Å²) in [6.07, 6.45) is 0.792. The fourth-order valence-corrected chi connectivity index (χ4v) is 2.07. The van der Waals surface area contributed by atoms with Crippen LogP contribution in [-0.4, -0.2) is 30.9 Å². The monoisotopic (exact) mass is 255 g/mol. The van der Waals surface area contributed by atoms with E-state index in [0.717, 1.165) is 6.42 Å². The highest BCUT2D eigenvalue weighted by molar-refractivity contribution is 7.07. The third-order valence-electron chi connectivity index (χ3n) is 2.16. The molecule has 0 spiro atoms. The Bertz CT molecular complexity index is 365. The zero-order valence-electron chi connectivity index (χ0n) is 9.73. The molecule has 1 aromatic rings. The highest BCUT2D eigenvalue weighted by Gasteiger charge is 2.09. The smallest absolute Gasteiger partial charge is 0.239 e. The van der Waals surface area contributed by atoms with Crippen LogP contribution in [0.4, 0.5) is 0 Å². The Labute approximate surface area is 104 Å². The Kier molecular flexibility index (Phi) is 5.65. The number of nitrogens with two attached hydrogens (primary N) is 1. The second-order valence-electron chi connectivity index (χ2n) is 3.79. The summed E-state index contributed by atoms with van der Waals surface area (Å²) in [5.41, 5.74) is 6.31. The van der Waals surface area contributed by atoms with Crippen LogP contribution < -0.4 is 16.4 Å². The minimum atomic E-state index is -0.328. The van der Waals surface area contributed by atoms with Crippen molar-refractivity contribution >= 4 is 23.2 Å². The first-order chi connectivity index (χ1) is 8.11. The van der Waals surface area contributed by atoms with E-state index < -0.39 is 0 Å². The first kappa shape index (κ1) is 13.7. The molecule has 1 unspecified atom stereocenters. The van der Waals surface area contributed by atoms with Gasteiger partial charge in [-0.3, -0.25) is 9.59 Å². The molecule has 1 rings (SSSR count). The maximum Gasteiger partial charge on any atom is 0.239 e. The van der Waals surface area contributed by atoms with Gasteiger partial charge >= 0.3 is 0 Å². The van der Waals surface area contributed by atoms with E-state index in [1.807, 2.05) is 18.4 Å². The minimum absolute atomic E-state index is 0.0238. The van der Waals surface area contributed by atoms with Gasteiger partial charge in [0.25, 0.3) is 0 Å². The Balaban J connectivity index is 2.24. The molecule has 0 saturated heterocycles. The largest absolute Gasteiger partial charge is 0.352 e. The van der Waals surface area contributed by atoms with Crippen molar-refractivity contribution in [1.82, 2.24) is 10.6 Å². The number of hydrogen-bond donors (Lipinski definition) is 3. The summed E-state index contributed by atoms with van der Waals surface area (Å²) >= 11 is 1.63. The summed E-state index contributed by atoms with van der Waals surface area (Å²) < 4.78 is 0. The molecule has 0 fully saturated rings. The normalized spacial score (nSPS) is 11.9. The first-order valence-corrected chi connectivity index (χ1v) is 6.33. The number of rotatable bonds is 6. The van der Waals surface area contributed by atoms with E-state index in [9.17, 15) is 9.59 Å². The predicted molar refractivity (Wildman–Crippen MR) is 67.7 cm³/mol. The third kappa shape index (κ3) is 5.46. The zero-order valence-corrected chi connectivity index (χ0v) is 10.5. The lowest BCUT2D eigenvalue weighted by Gasteiger charge is -2.13. The predicted octanol–water partition coefficient (Wildman–Crippen LogP) is -0.130. The fourth-order valence-electron chi connectivity index (χ4n) is 1.39. The zero-order chi connectivity index (χ0) is 12.7. The van der Waals surface area contributed by atoms with Gasteiger partial charge in [-0.05, 0) is 35.7 Å². The molecule has 0 radical (unpaired) electrons. The lowest BCUT2D eigenvalue weighted by Crippen LogP contribution is -2.43. The number of carbonyl (C=O) groups excluding carboxylic acids is 2. The number of amides is 2. The molecule has 1 heterocycles. The van der Waals surface area contributed by atoms with Crippen LogP contribution in [-0.2, 0) is 16.0 Å². The van der Waals surface area contributed by atoms with Crippen molar-refractivity contribution in [3.05, 3.63) is 22.4 Å². The molecule has 1 aromatic heterocycles. The molecule has 0 aliphatic heterocycles. The lowest BCUT2D eigenvalue weighted by atomic mass is 10.1. The molecule has 0 saturated carbocycles. The Hall–Kier alpha value is -1.40. The second-order valence-corrected chi connectivity index (χ2v) is 4.57. The molecule has 5 nitrogen and oxygen atoms in total. The number of nitrogens with one attached hydrogen (secondary N) is 2. The minimum Gasteiger partial charge on any atom is -0.352 e.